The highest BCUT2D eigenvalue weighted by molar-refractivity contribution is 7.53. The van der Waals surface area contributed by atoms with Crippen LogP contribution in [0.5, 0.6) is 5.75 Å². The van der Waals surface area contributed by atoms with Gasteiger partial charge in [0, 0.05) is 12.9 Å². The quantitative estimate of drug-likeness (QED) is 0.767. The van der Waals surface area contributed by atoms with Crippen LogP contribution in [0.2, 0.25) is 0 Å². The Kier molecular flexibility index (Phi) is 4.55. The lowest BCUT2D eigenvalue weighted by Gasteiger charge is -2.39. The molecule has 0 bridgehead atoms. The fourth-order valence-electron chi connectivity index (χ4n) is 3.22. The van der Waals surface area contributed by atoms with Gasteiger partial charge in [0.1, 0.15) is 5.75 Å². The van der Waals surface area contributed by atoms with E-state index in [1.165, 1.54) is 13.1 Å². The van der Waals surface area contributed by atoms with Gasteiger partial charge in [-0.2, -0.15) is 0 Å². The predicted octanol–water partition coefficient (Wildman–Crippen LogP) is 4.51. The van der Waals surface area contributed by atoms with Crippen molar-refractivity contribution in [2.24, 2.45) is 11.3 Å². The molecule has 0 radical (unpaired) electrons. The molecule has 0 amide bonds. The number of hydrogen-bond donors (Lipinski definition) is 0. The van der Waals surface area contributed by atoms with Crippen LogP contribution < -0.4 is 4.52 Å². The summed E-state index contributed by atoms with van der Waals surface area (Å²) in [5.74, 6) is 1.07. The Morgan fingerprint density at radius 2 is 2.15 bits per heavy atom. The normalized spacial score (nSPS) is 28.6. The van der Waals surface area contributed by atoms with E-state index in [-0.39, 0.29) is 11.5 Å². The average Bonchev–Trinajstić information content (AvgIpc) is 2.25. The molecule has 4 nitrogen and oxygen atoms in total. The van der Waals surface area contributed by atoms with Crippen LogP contribution in [0.3, 0.4) is 0 Å². The van der Waals surface area contributed by atoms with Crippen LogP contribution in [0.1, 0.15) is 40.0 Å². The first-order valence-electron chi connectivity index (χ1n) is 7.11. The minimum Gasteiger partial charge on any atom is -0.423 e. The van der Waals surface area contributed by atoms with Gasteiger partial charge >= 0.3 is 7.60 Å². The summed E-state index contributed by atoms with van der Waals surface area (Å²) in [4.78, 5) is 3.95. The zero-order valence-electron chi connectivity index (χ0n) is 12.7. The van der Waals surface area contributed by atoms with Crippen molar-refractivity contribution >= 4 is 7.60 Å². The van der Waals surface area contributed by atoms with Gasteiger partial charge in [0.05, 0.1) is 12.3 Å². The molecule has 20 heavy (non-hydrogen) atoms. The third kappa shape index (κ3) is 4.60. The van der Waals surface area contributed by atoms with E-state index in [1.807, 2.05) is 0 Å². The molecular formula is C15H24NO3P. The lowest BCUT2D eigenvalue weighted by atomic mass is 9.72. The molecule has 5 heteroatoms. The molecule has 0 aliphatic heterocycles. The molecule has 0 saturated heterocycles. The molecule has 1 aromatic heterocycles. The molecule has 3 atom stereocenters. The predicted molar refractivity (Wildman–Crippen MR) is 80.1 cm³/mol. The van der Waals surface area contributed by atoms with Gasteiger partial charge in [0.25, 0.3) is 0 Å². The number of hydrogen-bond acceptors (Lipinski definition) is 4. The van der Waals surface area contributed by atoms with E-state index < -0.39 is 7.60 Å². The van der Waals surface area contributed by atoms with E-state index in [1.54, 1.807) is 24.5 Å². The topological polar surface area (TPSA) is 48.4 Å². The molecule has 1 aliphatic rings. The fourth-order valence-corrected chi connectivity index (χ4v) is 4.46. The second-order valence-corrected chi connectivity index (χ2v) is 8.63. The highest BCUT2D eigenvalue weighted by atomic mass is 31.2. The molecule has 112 valence electrons. The molecule has 0 aromatic carbocycles. The third-order valence-corrected chi connectivity index (χ3v) is 4.82. The fraction of sp³-hybridized carbons (Fsp3) is 0.667. The van der Waals surface area contributed by atoms with E-state index >= 15 is 0 Å². The van der Waals surface area contributed by atoms with Crippen LogP contribution in [-0.2, 0) is 9.09 Å². The van der Waals surface area contributed by atoms with Crippen LogP contribution >= 0.6 is 7.60 Å². The summed E-state index contributed by atoms with van der Waals surface area (Å²) in [6, 6.07) is 3.49. The second-order valence-electron chi connectivity index (χ2n) is 6.69. The average molecular weight is 297 g/mol. The molecule has 1 aliphatic carbocycles. The Balaban J connectivity index is 1.99. The lowest BCUT2D eigenvalue weighted by Crippen LogP contribution is -2.32. The molecule has 2 rings (SSSR count). The highest BCUT2D eigenvalue weighted by Gasteiger charge is 2.36. The summed E-state index contributed by atoms with van der Waals surface area (Å²) < 4.78 is 23.8. The van der Waals surface area contributed by atoms with Crippen LogP contribution in [0.15, 0.2) is 24.5 Å². The minimum absolute atomic E-state index is 0.00116. The van der Waals surface area contributed by atoms with Crippen molar-refractivity contribution in [1.82, 2.24) is 4.98 Å². The van der Waals surface area contributed by atoms with Gasteiger partial charge < -0.3 is 4.52 Å². The Morgan fingerprint density at radius 3 is 2.75 bits per heavy atom. The van der Waals surface area contributed by atoms with Gasteiger partial charge in [-0.1, -0.05) is 20.8 Å². The monoisotopic (exact) mass is 297 g/mol. The van der Waals surface area contributed by atoms with E-state index in [0.717, 1.165) is 12.8 Å². The number of rotatable bonds is 4. The zero-order valence-corrected chi connectivity index (χ0v) is 13.6. The Hall–Kier alpha value is -0.860. The molecule has 3 unspecified atom stereocenters. The lowest BCUT2D eigenvalue weighted by molar-refractivity contribution is 0.0510. The molecule has 0 spiro atoms. The minimum atomic E-state index is -3.11. The van der Waals surface area contributed by atoms with E-state index in [0.29, 0.717) is 11.7 Å². The van der Waals surface area contributed by atoms with Crippen molar-refractivity contribution in [2.45, 2.75) is 46.1 Å². The van der Waals surface area contributed by atoms with Gasteiger partial charge in [0.15, 0.2) is 0 Å². The second kappa shape index (κ2) is 5.87. The standard InChI is InChI=1S/C15H24NO3P/c1-12-8-14(10-15(2,3)9-12)19-20(4,17)18-13-6-5-7-16-11-13/h5-7,11-12,14H,8-10H2,1-4H3. The Morgan fingerprint density at radius 1 is 1.40 bits per heavy atom. The zero-order chi connectivity index (χ0) is 14.8. The van der Waals surface area contributed by atoms with E-state index in [4.69, 9.17) is 9.05 Å². The van der Waals surface area contributed by atoms with Crippen LogP contribution in [0, 0.1) is 11.3 Å². The first-order chi connectivity index (χ1) is 9.26. The smallest absolute Gasteiger partial charge is 0.376 e. The van der Waals surface area contributed by atoms with Gasteiger partial charge in [-0.25, -0.2) is 4.57 Å². The first kappa shape index (κ1) is 15.5. The Labute approximate surface area is 121 Å². The SMILES string of the molecule is CC1CC(OP(C)(=O)Oc2cccnc2)CC(C)(C)C1. The maximum Gasteiger partial charge on any atom is 0.376 e. The van der Waals surface area contributed by atoms with Crippen LogP contribution in [0.4, 0.5) is 0 Å². The van der Waals surface area contributed by atoms with Crippen molar-refractivity contribution in [3.05, 3.63) is 24.5 Å². The summed E-state index contributed by atoms with van der Waals surface area (Å²) >= 11 is 0. The maximum atomic E-state index is 12.5. The summed E-state index contributed by atoms with van der Waals surface area (Å²) in [6.45, 7) is 8.23. The summed E-state index contributed by atoms with van der Waals surface area (Å²) in [7, 11) is -3.11. The molecule has 1 heterocycles. The van der Waals surface area contributed by atoms with Crippen molar-refractivity contribution in [2.75, 3.05) is 6.66 Å². The van der Waals surface area contributed by atoms with Crippen molar-refractivity contribution in [3.63, 3.8) is 0 Å². The molecule has 1 saturated carbocycles. The highest BCUT2D eigenvalue weighted by Crippen LogP contribution is 2.50. The van der Waals surface area contributed by atoms with Gasteiger partial charge in [-0.05, 0) is 42.7 Å². The Bertz CT molecular complexity index is 489. The molecular weight excluding hydrogens is 273 g/mol. The van der Waals surface area contributed by atoms with Gasteiger partial charge in [-0.3, -0.25) is 9.51 Å². The first-order valence-corrected chi connectivity index (χ1v) is 9.10. The molecule has 0 N–H and O–H groups in total. The van der Waals surface area contributed by atoms with Crippen LogP contribution in [0.25, 0.3) is 0 Å². The molecule has 1 fully saturated rings. The molecule has 1 aromatic rings. The van der Waals surface area contributed by atoms with Gasteiger partial charge in [-0.15, -0.1) is 0 Å². The van der Waals surface area contributed by atoms with E-state index in [9.17, 15) is 4.57 Å². The van der Waals surface area contributed by atoms with E-state index in [2.05, 4.69) is 25.8 Å². The maximum absolute atomic E-state index is 12.5. The van der Waals surface area contributed by atoms with Crippen molar-refractivity contribution in [3.8, 4) is 5.75 Å². The summed E-state index contributed by atoms with van der Waals surface area (Å²) in [6.07, 6.45) is 6.25. The number of pyridine rings is 1. The number of aromatic nitrogens is 1. The summed E-state index contributed by atoms with van der Waals surface area (Å²) in [5.41, 5.74) is 0.233. The summed E-state index contributed by atoms with van der Waals surface area (Å²) in [5, 5.41) is 0. The van der Waals surface area contributed by atoms with Gasteiger partial charge in [0.2, 0.25) is 0 Å². The van der Waals surface area contributed by atoms with Crippen molar-refractivity contribution in [1.29, 1.82) is 0 Å². The largest absolute Gasteiger partial charge is 0.423 e. The van der Waals surface area contributed by atoms with Crippen LogP contribution in [-0.4, -0.2) is 17.8 Å². The third-order valence-electron chi connectivity index (χ3n) is 3.59. The number of nitrogens with zero attached hydrogens (tertiary/aromatic N) is 1. The van der Waals surface area contributed by atoms with Crippen molar-refractivity contribution < 1.29 is 13.6 Å².